The van der Waals surface area contributed by atoms with Gasteiger partial charge in [-0.1, -0.05) is 11.6 Å². The summed E-state index contributed by atoms with van der Waals surface area (Å²) >= 11 is 5.58. The van der Waals surface area contributed by atoms with Crippen LogP contribution in [0, 0.1) is 5.82 Å². The fourth-order valence-electron chi connectivity index (χ4n) is 1.46. The molecule has 0 bridgehead atoms. The molecule has 1 aliphatic rings. The molecule has 0 aliphatic carbocycles. The van der Waals surface area contributed by atoms with Gasteiger partial charge in [-0.3, -0.25) is 14.9 Å². The number of rotatable bonds is 2. The van der Waals surface area contributed by atoms with Crippen molar-refractivity contribution in [1.29, 1.82) is 0 Å². The summed E-state index contributed by atoms with van der Waals surface area (Å²) in [4.78, 5) is 22.2. The number of hydrogen-bond acceptors (Lipinski definition) is 3. The Balaban J connectivity index is 2.12. The molecule has 2 rings (SSSR count). The maximum Gasteiger partial charge on any atom is 0.249 e. The maximum atomic E-state index is 12.9. The van der Waals surface area contributed by atoms with Gasteiger partial charge in [-0.25, -0.2) is 4.39 Å². The summed E-state index contributed by atoms with van der Waals surface area (Å²) in [5, 5.41) is 4.94. The first-order valence-electron chi connectivity index (χ1n) is 4.61. The van der Waals surface area contributed by atoms with Crippen LogP contribution in [0.5, 0.6) is 0 Å². The molecule has 2 N–H and O–H groups in total. The molecule has 0 aromatic heterocycles. The number of amides is 2. The van der Waals surface area contributed by atoms with E-state index in [1.54, 1.807) is 0 Å². The van der Waals surface area contributed by atoms with E-state index in [2.05, 4.69) is 10.6 Å². The zero-order valence-corrected chi connectivity index (χ0v) is 8.84. The number of benzene rings is 1. The van der Waals surface area contributed by atoms with Crippen LogP contribution in [0.4, 0.5) is 10.1 Å². The molecule has 1 fully saturated rings. The van der Waals surface area contributed by atoms with Crippen molar-refractivity contribution in [2.24, 2.45) is 0 Å². The Morgan fingerprint density at radius 3 is 2.75 bits per heavy atom. The fraction of sp³-hybridized carbons (Fsp3) is 0.200. The summed E-state index contributed by atoms with van der Waals surface area (Å²) in [5.74, 6) is -1.24. The molecule has 2 amide bonds. The standard InChI is InChI=1S/C10H8ClFN2O2/c11-6-3-5(1-2-7(6)12)13-8-4-9(15)14-10(8)16/h1-3,8,13H,4H2,(H,14,15,16). The van der Waals surface area contributed by atoms with Crippen LogP contribution in [-0.2, 0) is 9.59 Å². The minimum Gasteiger partial charge on any atom is -0.373 e. The largest absolute Gasteiger partial charge is 0.373 e. The first kappa shape index (κ1) is 10.9. The van der Waals surface area contributed by atoms with E-state index in [4.69, 9.17) is 11.6 Å². The molecule has 16 heavy (non-hydrogen) atoms. The van der Waals surface area contributed by atoms with Crippen molar-refractivity contribution in [3.63, 3.8) is 0 Å². The zero-order valence-electron chi connectivity index (χ0n) is 8.09. The topological polar surface area (TPSA) is 58.2 Å². The highest BCUT2D eigenvalue weighted by atomic mass is 35.5. The number of imide groups is 1. The van der Waals surface area contributed by atoms with E-state index in [9.17, 15) is 14.0 Å². The SMILES string of the molecule is O=C1CC(Nc2ccc(F)c(Cl)c2)C(=O)N1. The molecule has 0 spiro atoms. The van der Waals surface area contributed by atoms with Crippen molar-refractivity contribution in [3.8, 4) is 0 Å². The Labute approximate surface area is 95.8 Å². The van der Waals surface area contributed by atoms with Crippen LogP contribution in [0.2, 0.25) is 5.02 Å². The summed E-state index contributed by atoms with van der Waals surface area (Å²) in [5.41, 5.74) is 0.501. The Kier molecular flexibility index (Phi) is 2.78. The third kappa shape index (κ3) is 2.14. The lowest BCUT2D eigenvalue weighted by Crippen LogP contribution is -2.29. The van der Waals surface area contributed by atoms with Gasteiger partial charge in [0.2, 0.25) is 11.8 Å². The highest BCUT2D eigenvalue weighted by Crippen LogP contribution is 2.21. The monoisotopic (exact) mass is 242 g/mol. The predicted molar refractivity (Wildman–Crippen MR) is 56.6 cm³/mol. The number of nitrogens with one attached hydrogen (secondary N) is 2. The summed E-state index contributed by atoms with van der Waals surface area (Å²) in [6, 6.07) is 3.40. The lowest BCUT2D eigenvalue weighted by molar-refractivity contribution is -0.124. The van der Waals surface area contributed by atoms with Crippen LogP contribution >= 0.6 is 11.6 Å². The van der Waals surface area contributed by atoms with Crippen molar-refractivity contribution in [2.45, 2.75) is 12.5 Å². The molecule has 1 saturated heterocycles. The minimum atomic E-state index is -0.617. The molecule has 1 heterocycles. The van der Waals surface area contributed by atoms with Gasteiger partial charge in [0.1, 0.15) is 11.9 Å². The normalized spacial score (nSPS) is 19.8. The van der Waals surface area contributed by atoms with Gasteiger partial charge in [0.25, 0.3) is 0 Å². The van der Waals surface area contributed by atoms with Gasteiger partial charge in [0.05, 0.1) is 11.4 Å². The lowest BCUT2D eigenvalue weighted by atomic mass is 10.2. The third-order valence-electron chi connectivity index (χ3n) is 2.23. The van der Waals surface area contributed by atoms with Crippen molar-refractivity contribution >= 4 is 29.1 Å². The Morgan fingerprint density at radius 2 is 2.19 bits per heavy atom. The van der Waals surface area contributed by atoms with E-state index in [-0.39, 0.29) is 23.3 Å². The lowest BCUT2D eigenvalue weighted by Gasteiger charge is -2.10. The second-order valence-corrected chi connectivity index (χ2v) is 3.85. The molecule has 1 aromatic carbocycles. The first-order valence-corrected chi connectivity index (χ1v) is 4.99. The molecule has 1 atom stereocenters. The van der Waals surface area contributed by atoms with Crippen LogP contribution in [0.3, 0.4) is 0 Å². The average molecular weight is 243 g/mol. The zero-order chi connectivity index (χ0) is 11.7. The second kappa shape index (κ2) is 4.09. The molecule has 0 radical (unpaired) electrons. The van der Waals surface area contributed by atoms with E-state index in [0.717, 1.165) is 0 Å². The van der Waals surface area contributed by atoms with Crippen LogP contribution in [0.1, 0.15) is 6.42 Å². The van der Waals surface area contributed by atoms with E-state index in [1.807, 2.05) is 0 Å². The molecule has 0 saturated carbocycles. The summed E-state index contributed by atoms with van der Waals surface area (Å²) in [7, 11) is 0. The molecule has 1 unspecified atom stereocenters. The van der Waals surface area contributed by atoms with Gasteiger partial charge in [-0.05, 0) is 18.2 Å². The van der Waals surface area contributed by atoms with Crippen LogP contribution < -0.4 is 10.6 Å². The van der Waals surface area contributed by atoms with Gasteiger partial charge in [0.15, 0.2) is 0 Å². The quantitative estimate of drug-likeness (QED) is 0.769. The van der Waals surface area contributed by atoms with Gasteiger partial charge >= 0.3 is 0 Å². The smallest absolute Gasteiger partial charge is 0.249 e. The predicted octanol–water partition coefficient (Wildman–Crippen LogP) is 1.31. The van der Waals surface area contributed by atoms with E-state index in [1.165, 1.54) is 18.2 Å². The summed E-state index contributed by atoms with van der Waals surface area (Å²) in [6.07, 6.45) is 0.0772. The van der Waals surface area contributed by atoms with E-state index >= 15 is 0 Å². The Bertz CT molecular complexity index is 464. The molecular weight excluding hydrogens is 235 g/mol. The van der Waals surface area contributed by atoms with Crippen LogP contribution in [0.15, 0.2) is 18.2 Å². The van der Waals surface area contributed by atoms with Gasteiger partial charge in [0, 0.05) is 5.69 Å². The average Bonchev–Trinajstić information content (AvgIpc) is 2.51. The highest BCUT2D eigenvalue weighted by Gasteiger charge is 2.30. The first-order chi connectivity index (χ1) is 7.56. The number of hydrogen-bond donors (Lipinski definition) is 2. The maximum absolute atomic E-state index is 12.9. The molecule has 84 valence electrons. The van der Waals surface area contributed by atoms with Gasteiger partial charge in [-0.2, -0.15) is 0 Å². The number of halogens is 2. The Hall–Kier alpha value is -1.62. The molecular formula is C10H8ClFN2O2. The van der Waals surface area contributed by atoms with Gasteiger partial charge < -0.3 is 5.32 Å². The van der Waals surface area contributed by atoms with E-state index in [0.29, 0.717) is 5.69 Å². The number of carbonyl (C=O) groups excluding carboxylic acids is 2. The molecule has 4 nitrogen and oxygen atoms in total. The highest BCUT2D eigenvalue weighted by molar-refractivity contribution is 6.31. The van der Waals surface area contributed by atoms with Crippen molar-refractivity contribution in [2.75, 3.05) is 5.32 Å². The fourth-order valence-corrected chi connectivity index (χ4v) is 1.64. The van der Waals surface area contributed by atoms with Crippen molar-refractivity contribution < 1.29 is 14.0 Å². The third-order valence-corrected chi connectivity index (χ3v) is 2.52. The second-order valence-electron chi connectivity index (χ2n) is 3.44. The Morgan fingerprint density at radius 1 is 1.44 bits per heavy atom. The van der Waals surface area contributed by atoms with E-state index < -0.39 is 11.9 Å². The van der Waals surface area contributed by atoms with Crippen molar-refractivity contribution in [3.05, 3.63) is 29.0 Å². The van der Waals surface area contributed by atoms with Crippen LogP contribution in [0.25, 0.3) is 0 Å². The van der Waals surface area contributed by atoms with Crippen LogP contribution in [-0.4, -0.2) is 17.9 Å². The van der Waals surface area contributed by atoms with Gasteiger partial charge in [-0.15, -0.1) is 0 Å². The summed E-state index contributed by atoms with van der Waals surface area (Å²) < 4.78 is 12.9. The molecule has 6 heteroatoms. The molecule has 1 aromatic rings. The molecule has 1 aliphatic heterocycles. The van der Waals surface area contributed by atoms with Crippen molar-refractivity contribution in [1.82, 2.24) is 5.32 Å². The number of anilines is 1. The minimum absolute atomic E-state index is 0.0327. The number of carbonyl (C=O) groups is 2. The summed E-state index contributed by atoms with van der Waals surface area (Å²) in [6.45, 7) is 0.